The number of rotatable bonds is 7. The van der Waals surface area contributed by atoms with Crippen LogP contribution in [0.4, 0.5) is 13.2 Å². The number of tetrazole rings is 1. The number of alkyl halides is 3. The predicted molar refractivity (Wildman–Crippen MR) is 180 cm³/mol. The van der Waals surface area contributed by atoms with Gasteiger partial charge in [-0.05, 0) is 115 Å². The molecule has 3 fully saturated rings. The third kappa shape index (κ3) is 6.16. The van der Waals surface area contributed by atoms with E-state index in [0.29, 0.717) is 48.6 Å². The summed E-state index contributed by atoms with van der Waals surface area (Å²) in [4.78, 5) is 22.8. The molecule has 0 unspecified atom stereocenters. The minimum atomic E-state index is -4.45. The number of hydrogen-bond acceptors (Lipinski definition) is 7. The van der Waals surface area contributed by atoms with Crippen LogP contribution in [-0.2, 0) is 30.5 Å². The van der Waals surface area contributed by atoms with Gasteiger partial charge in [0.25, 0.3) is 0 Å². The molecule has 2 aromatic heterocycles. The molecular formula is C38H42F3N7O2. The van der Waals surface area contributed by atoms with E-state index in [0.717, 1.165) is 86.9 Å². The number of benzene rings is 2. The van der Waals surface area contributed by atoms with Crippen LogP contribution in [0, 0.1) is 11.3 Å². The monoisotopic (exact) mass is 685 g/mol. The van der Waals surface area contributed by atoms with Gasteiger partial charge < -0.3 is 14.5 Å². The van der Waals surface area contributed by atoms with Crippen LogP contribution >= 0.6 is 0 Å². The van der Waals surface area contributed by atoms with Gasteiger partial charge in [-0.25, -0.2) is 4.68 Å². The van der Waals surface area contributed by atoms with Crippen molar-refractivity contribution >= 4 is 5.91 Å². The molecule has 0 bridgehead atoms. The molecule has 4 aromatic rings. The molecule has 262 valence electrons. The second-order valence-electron chi connectivity index (χ2n) is 14.6. The first-order valence-electron chi connectivity index (χ1n) is 17.8. The van der Waals surface area contributed by atoms with Gasteiger partial charge in [-0.15, -0.1) is 5.10 Å². The van der Waals surface area contributed by atoms with E-state index < -0.39 is 17.2 Å². The third-order valence-electron chi connectivity index (χ3n) is 11.9. The summed E-state index contributed by atoms with van der Waals surface area (Å²) in [6.45, 7) is 3.25. The highest BCUT2D eigenvalue weighted by Crippen LogP contribution is 2.57. The average molecular weight is 686 g/mol. The van der Waals surface area contributed by atoms with E-state index in [2.05, 4.69) is 49.7 Å². The first kappa shape index (κ1) is 32.9. The fourth-order valence-corrected chi connectivity index (χ4v) is 9.26. The number of pyridine rings is 1. The molecule has 2 aromatic carbocycles. The maximum atomic E-state index is 14.3. The zero-order valence-corrected chi connectivity index (χ0v) is 28.3. The lowest BCUT2D eigenvalue weighted by atomic mass is 9.78. The van der Waals surface area contributed by atoms with Crippen LogP contribution in [0.25, 0.3) is 11.4 Å². The summed E-state index contributed by atoms with van der Waals surface area (Å²) in [6, 6.07) is 18.0. The fraction of sp³-hybridized carbons (Fsp3) is 0.500. The van der Waals surface area contributed by atoms with E-state index in [-0.39, 0.29) is 12.5 Å². The van der Waals surface area contributed by atoms with Gasteiger partial charge in [0.2, 0.25) is 5.91 Å². The number of amides is 1. The van der Waals surface area contributed by atoms with Crippen molar-refractivity contribution in [3.63, 3.8) is 0 Å². The Hall–Kier alpha value is -4.32. The quantitative estimate of drug-likeness (QED) is 0.219. The first-order chi connectivity index (χ1) is 24.2. The van der Waals surface area contributed by atoms with Gasteiger partial charge in [-0.3, -0.25) is 9.78 Å². The van der Waals surface area contributed by atoms with E-state index in [1.165, 1.54) is 11.6 Å². The molecule has 8 rings (SSSR count). The van der Waals surface area contributed by atoms with E-state index in [4.69, 9.17) is 4.74 Å². The minimum Gasteiger partial charge on any atom is -0.497 e. The number of aromatic nitrogens is 5. The third-order valence-corrected chi connectivity index (χ3v) is 11.9. The molecule has 4 aliphatic rings. The van der Waals surface area contributed by atoms with Crippen LogP contribution in [0.1, 0.15) is 78.8 Å². The van der Waals surface area contributed by atoms with Crippen molar-refractivity contribution in [3.05, 3.63) is 88.7 Å². The molecule has 0 spiro atoms. The number of piperidine rings is 1. The second-order valence-corrected chi connectivity index (χ2v) is 14.6. The molecule has 1 amide bonds. The Morgan fingerprint density at radius 1 is 1.04 bits per heavy atom. The Balaban J connectivity index is 0.912. The number of carbonyl (C=O) groups excluding carboxylic acids is 1. The number of halogens is 3. The molecule has 3 atom stereocenters. The molecular weight excluding hydrogens is 643 g/mol. The van der Waals surface area contributed by atoms with Gasteiger partial charge in [0.15, 0.2) is 5.82 Å². The largest absolute Gasteiger partial charge is 0.497 e. The van der Waals surface area contributed by atoms with Crippen molar-refractivity contribution in [2.75, 3.05) is 26.7 Å². The Morgan fingerprint density at radius 2 is 1.86 bits per heavy atom. The van der Waals surface area contributed by atoms with Crippen molar-refractivity contribution in [3.8, 4) is 17.1 Å². The summed E-state index contributed by atoms with van der Waals surface area (Å²) < 4.78 is 47.4. The number of methoxy groups -OCH3 is 1. The molecule has 1 saturated heterocycles. The van der Waals surface area contributed by atoms with E-state index in [1.54, 1.807) is 7.11 Å². The second kappa shape index (κ2) is 13.1. The summed E-state index contributed by atoms with van der Waals surface area (Å²) in [5.74, 6) is 2.45. The number of fused-ring (bicyclic) bond motifs is 2. The summed E-state index contributed by atoms with van der Waals surface area (Å²) in [5.41, 5.74) is 3.43. The summed E-state index contributed by atoms with van der Waals surface area (Å²) in [6.07, 6.45) is 3.87. The van der Waals surface area contributed by atoms with Gasteiger partial charge in [0.1, 0.15) is 5.75 Å². The minimum absolute atomic E-state index is 0.145. The van der Waals surface area contributed by atoms with Crippen LogP contribution in [-0.4, -0.2) is 73.7 Å². The van der Waals surface area contributed by atoms with E-state index in [1.807, 2.05) is 33.8 Å². The van der Waals surface area contributed by atoms with Crippen LogP contribution in [0.3, 0.4) is 0 Å². The van der Waals surface area contributed by atoms with Gasteiger partial charge in [0, 0.05) is 43.0 Å². The molecule has 2 aliphatic heterocycles. The Morgan fingerprint density at radius 3 is 2.64 bits per heavy atom. The highest BCUT2D eigenvalue weighted by atomic mass is 19.4. The van der Waals surface area contributed by atoms with Crippen LogP contribution in [0.2, 0.25) is 0 Å². The standard InChI is InChI=1S/C38H42F3N7O2/c1-50-33-9-7-25(8-10-33)23-48-35(43-44-45-48)28-5-2-4-27(18-28)26-11-15-46(16-12-26)32-20-30-6-3-14-37(30,21-32)36(49)47-17-13-34-29(24-47)19-31(22-42-34)38(39,40)41/h2,4-5,7-10,18-19,22,26,30,32H,3,6,11-17,20-21,23-24H2,1H3/t30-,32-,37-/m1/s1. The van der Waals surface area contributed by atoms with Gasteiger partial charge in [-0.1, -0.05) is 36.8 Å². The smallest absolute Gasteiger partial charge is 0.417 e. The van der Waals surface area contributed by atoms with Gasteiger partial charge in [-0.2, -0.15) is 13.2 Å². The lowest BCUT2D eigenvalue weighted by Gasteiger charge is -2.39. The topological polar surface area (TPSA) is 89.3 Å². The Labute approximate surface area is 289 Å². The Bertz CT molecular complexity index is 1850. The lowest BCUT2D eigenvalue weighted by molar-refractivity contribution is -0.144. The number of likely N-dealkylation sites (tertiary alicyclic amines) is 1. The number of ether oxygens (including phenoxy) is 1. The molecule has 4 heterocycles. The van der Waals surface area contributed by atoms with Crippen LogP contribution in [0.5, 0.6) is 5.75 Å². The molecule has 0 radical (unpaired) electrons. The normalized spacial score (nSPS) is 24.3. The Kier molecular flexibility index (Phi) is 8.61. The van der Waals surface area contributed by atoms with Gasteiger partial charge in [0.05, 0.1) is 24.6 Å². The number of nitrogens with zero attached hydrogens (tertiary/aromatic N) is 7. The molecule has 0 N–H and O–H groups in total. The van der Waals surface area contributed by atoms with Crippen molar-refractivity contribution in [1.29, 1.82) is 0 Å². The maximum Gasteiger partial charge on any atom is 0.417 e. The van der Waals surface area contributed by atoms with Gasteiger partial charge >= 0.3 is 6.18 Å². The number of hydrogen-bond donors (Lipinski definition) is 0. The maximum absolute atomic E-state index is 14.3. The van der Waals surface area contributed by atoms with Crippen molar-refractivity contribution in [2.45, 2.75) is 82.6 Å². The number of carbonyl (C=O) groups is 1. The zero-order valence-electron chi connectivity index (χ0n) is 28.3. The zero-order chi connectivity index (χ0) is 34.5. The van der Waals surface area contributed by atoms with Crippen molar-refractivity contribution in [2.24, 2.45) is 11.3 Å². The molecule has 2 saturated carbocycles. The van der Waals surface area contributed by atoms with E-state index >= 15 is 0 Å². The molecule has 50 heavy (non-hydrogen) atoms. The molecule has 12 heteroatoms. The molecule has 2 aliphatic carbocycles. The van der Waals surface area contributed by atoms with Crippen molar-refractivity contribution < 1.29 is 22.7 Å². The van der Waals surface area contributed by atoms with Crippen LogP contribution in [0.15, 0.2) is 60.8 Å². The lowest BCUT2D eigenvalue weighted by Crippen LogP contribution is -2.47. The molecule has 9 nitrogen and oxygen atoms in total. The summed E-state index contributed by atoms with van der Waals surface area (Å²) in [5, 5.41) is 12.6. The average Bonchev–Trinajstić information content (AvgIpc) is 3.86. The fourth-order valence-electron chi connectivity index (χ4n) is 9.26. The van der Waals surface area contributed by atoms with Crippen molar-refractivity contribution in [1.82, 2.24) is 35.0 Å². The van der Waals surface area contributed by atoms with E-state index in [9.17, 15) is 18.0 Å². The summed E-state index contributed by atoms with van der Waals surface area (Å²) >= 11 is 0. The summed E-state index contributed by atoms with van der Waals surface area (Å²) in [7, 11) is 1.65. The van der Waals surface area contributed by atoms with Crippen LogP contribution < -0.4 is 4.74 Å². The first-order valence-corrected chi connectivity index (χ1v) is 17.8. The highest BCUT2D eigenvalue weighted by Gasteiger charge is 2.57. The SMILES string of the molecule is COc1ccc(Cn2nnnc2-c2cccc(C3CCN([C@@H]4C[C@H]5CCC[C@@]5(C(=O)N5CCc6ncc(C(F)(F)F)cc6C5)C4)CC3)c2)cc1. The predicted octanol–water partition coefficient (Wildman–Crippen LogP) is 6.52. The highest BCUT2D eigenvalue weighted by molar-refractivity contribution is 5.84.